The molecule has 4 heteroatoms. The number of amides is 1. The Morgan fingerprint density at radius 2 is 2.06 bits per heavy atom. The van der Waals surface area contributed by atoms with Crippen molar-refractivity contribution in [2.75, 3.05) is 24.6 Å². The third-order valence-electron chi connectivity index (χ3n) is 3.11. The van der Waals surface area contributed by atoms with Crippen LogP contribution in [0.3, 0.4) is 0 Å². The average molecular weight is 243 g/mol. The summed E-state index contributed by atoms with van der Waals surface area (Å²) >= 11 is 2.03. The molecule has 2 aliphatic rings. The lowest BCUT2D eigenvalue weighted by molar-refractivity contribution is -0.0297. The second-order valence-electron chi connectivity index (χ2n) is 5.99. The van der Waals surface area contributed by atoms with Crippen molar-refractivity contribution >= 4 is 17.9 Å². The quantitative estimate of drug-likeness (QED) is 0.655. The molecule has 0 aromatic carbocycles. The number of likely N-dealkylation sites (tertiary alicyclic amines) is 1. The Balaban J connectivity index is 1.81. The van der Waals surface area contributed by atoms with E-state index in [1.54, 1.807) is 0 Å². The molecule has 0 atom stereocenters. The average Bonchev–Trinajstić information content (AvgIpc) is 2.12. The fraction of sp³-hybridized carbons (Fsp3) is 0.917. The van der Waals surface area contributed by atoms with Gasteiger partial charge in [0.05, 0.1) is 0 Å². The third-order valence-corrected chi connectivity index (χ3v) is 4.50. The number of hydrogen-bond donors (Lipinski definition) is 0. The van der Waals surface area contributed by atoms with Gasteiger partial charge in [0.2, 0.25) is 0 Å². The Morgan fingerprint density at radius 3 is 2.56 bits per heavy atom. The minimum Gasteiger partial charge on any atom is -0.444 e. The van der Waals surface area contributed by atoms with Gasteiger partial charge in [-0.05, 0) is 39.4 Å². The van der Waals surface area contributed by atoms with Crippen molar-refractivity contribution in [1.29, 1.82) is 0 Å². The first-order chi connectivity index (χ1) is 7.40. The minimum atomic E-state index is -0.374. The molecule has 2 rings (SSSR count). The number of nitrogens with zero attached hydrogens (tertiary/aromatic N) is 1. The van der Waals surface area contributed by atoms with Crippen LogP contribution in [0.4, 0.5) is 4.79 Å². The third kappa shape index (κ3) is 2.65. The number of carbonyl (C=O) groups excluding carboxylic acids is 1. The van der Waals surface area contributed by atoms with E-state index < -0.39 is 0 Å². The zero-order chi connectivity index (χ0) is 11.8. The van der Waals surface area contributed by atoms with Crippen molar-refractivity contribution in [2.45, 2.75) is 39.2 Å². The number of ether oxygens (including phenoxy) is 1. The summed E-state index contributed by atoms with van der Waals surface area (Å²) in [4.78, 5) is 13.6. The molecule has 2 aliphatic heterocycles. The first kappa shape index (κ1) is 12.1. The molecule has 0 N–H and O–H groups in total. The predicted molar refractivity (Wildman–Crippen MR) is 66.8 cm³/mol. The smallest absolute Gasteiger partial charge is 0.410 e. The van der Waals surface area contributed by atoms with Crippen molar-refractivity contribution in [1.82, 2.24) is 4.90 Å². The highest BCUT2D eigenvalue weighted by molar-refractivity contribution is 7.99. The van der Waals surface area contributed by atoms with Crippen molar-refractivity contribution in [2.24, 2.45) is 5.41 Å². The van der Waals surface area contributed by atoms with Crippen molar-refractivity contribution in [3.8, 4) is 0 Å². The van der Waals surface area contributed by atoms with E-state index >= 15 is 0 Å². The number of hydrogen-bond acceptors (Lipinski definition) is 3. The molecule has 0 unspecified atom stereocenters. The summed E-state index contributed by atoms with van der Waals surface area (Å²) in [5.41, 5.74) is 0.0426. The van der Waals surface area contributed by atoms with Crippen LogP contribution in [0.2, 0.25) is 0 Å². The van der Waals surface area contributed by atoms with Gasteiger partial charge < -0.3 is 9.64 Å². The lowest BCUT2D eigenvalue weighted by Gasteiger charge is -2.51. The molecule has 2 saturated heterocycles. The largest absolute Gasteiger partial charge is 0.444 e. The summed E-state index contributed by atoms with van der Waals surface area (Å²) in [6, 6.07) is 0. The number of thioether (sulfide) groups is 1. The van der Waals surface area contributed by atoms with E-state index in [2.05, 4.69) is 0 Å². The van der Waals surface area contributed by atoms with Gasteiger partial charge in [0.25, 0.3) is 0 Å². The van der Waals surface area contributed by atoms with E-state index in [4.69, 9.17) is 4.74 Å². The van der Waals surface area contributed by atoms with Crippen LogP contribution in [0.15, 0.2) is 0 Å². The Hall–Kier alpha value is -0.380. The van der Waals surface area contributed by atoms with Crippen LogP contribution >= 0.6 is 11.8 Å². The van der Waals surface area contributed by atoms with Gasteiger partial charge in [0.1, 0.15) is 5.60 Å². The van der Waals surface area contributed by atoms with Crippen LogP contribution in [0.5, 0.6) is 0 Å². The van der Waals surface area contributed by atoms with Crippen LogP contribution in [0.25, 0.3) is 0 Å². The molecule has 1 amide bonds. The predicted octanol–water partition coefficient (Wildman–Crippen LogP) is 2.75. The lowest BCUT2D eigenvalue weighted by atomic mass is 9.78. The van der Waals surface area contributed by atoms with E-state index in [1.807, 2.05) is 37.4 Å². The zero-order valence-electron chi connectivity index (χ0n) is 10.4. The maximum absolute atomic E-state index is 11.8. The molecule has 0 saturated carbocycles. The van der Waals surface area contributed by atoms with Crippen LogP contribution < -0.4 is 0 Å². The number of rotatable bonds is 0. The summed E-state index contributed by atoms with van der Waals surface area (Å²) in [7, 11) is 0. The molecule has 92 valence electrons. The van der Waals surface area contributed by atoms with E-state index in [0.717, 1.165) is 13.1 Å². The van der Waals surface area contributed by atoms with Gasteiger partial charge in [-0.3, -0.25) is 0 Å². The molecule has 0 aromatic heterocycles. The molecule has 0 aromatic rings. The Morgan fingerprint density at radius 1 is 1.38 bits per heavy atom. The second kappa shape index (κ2) is 4.13. The van der Waals surface area contributed by atoms with Gasteiger partial charge in [-0.25, -0.2) is 4.79 Å². The van der Waals surface area contributed by atoms with Crippen LogP contribution in [-0.2, 0) is 4.74 Å². The summed E-state index contributed by atoms with van der Waals surface area (Å²) in [5, 5.41) is 0. The molecule has 3 nitrogen and oxygen atoms in total. The molecule has 2 fully saturated rings. The van der Waals surface area contributed by atoms with Gasteiger partial charge in [-0.2, -0.15) is 11.8 Å². The van der Waals surface area contributed by atoms with Gasteiger partial charge in [-0.1, -0.05) is 0 Å². The molecule has 0 aliphatic carbocycles. The molecular weight excluding hydrogens is 222 g/mol. The van der Waals surface area contributed by atoms with Crippen molar-refractivity contribution < 1.29 is 9.53 Å². The van der Waals surface area contributed by atoms with Crippen LogP contribution in [0.1, 0.15) is 33.6 Å². The molecule has 0 bridgehead atoms. The van der Waals surface area contributed by atoms with E-state index in [-0.39, 0.29) is 11.7 Å². The monoisotopic (exact) mass is 243 g/mol. The van der Waals surface area contributed by atoms with Gasteiger partial charge in [0.15, 0.2) is 0 Å². The zero-order valence-corrected chi connectivity index (χ0v) is 11.2. The fourth-order valence-corrected chi connectivity index (χ4v) is 3.63. The maximum atomic E-state index is 11.8. The van der Waals surface area contributed by atoms with E-state index in [0.29, 0.717) is 5.41 Å². The van der Waals surface area contributed by atoms with Gasteiger partial charge in [-0.15, -0.1) is 0 Å². The van der Waals surface area contributed by atoms with Crippen LogP contribution in [-0.4, -0.2) is 41.2 Å². The first-order valence-electron chi connectivity index (χ1n) is 5.96. The summed E-state index contributed by atoms with van der Waals surface area (Å²) in [6.07, 6.45) is 2.43. The summed E-state index contributed by atoms with van der Waals surface area (Å²) < 4.78 is 5.36. The Labute approximate surface area is 102 Å². The number of carbonyl (C=O) groups is 1. The highest BCUT2D eigenvalue weighted by Gasteiger charge is 2.46. The standard InChI is InChI=1S/C12H21NO2S/c1-11(2,3)15-10(14)13-7-12(8-13)5-4-6-16-9-12/h4-9H2,1-3H3. The lowest BCUT2D eigenvalue weighted by Crippen LogP contribution is -2.61. The fourth-order valence-electron chi connectivity index (χ4n) is 2.38. The van der Waals surface area contributed by atoms with Crippen LogP contribution in [0, 0.1) is 5.41 Å². The topological polar surface area (TPSA) is 29.5 Å². The van der Waals surface area contributed by atoms with Gasteiger partial charge in [0, 0.05) is 24.3 Å². The molecule has 0 radical (unpaired) electrons. The molecule has 16 heavy (non-hydrogen) atoms. The molecule has 2 heterocycles. The maximum Gasteiger partial charge on any atom is 0.410 e. The SMILES string of the molecule is CC(C)(C)OC(=O)N1CC2(CCCSC2)C1. The van der Waals surface area contributed by atoms with E-state index in [1.165, 1.54) is 24.3 Å². The normalized spacial score (nSPS) is 24.1. The first-order valence-corrected chi connectivity index (χ1v) is 7.11. The minimum absolute atomic E-state index is 0.145. The molecular formula is C12H21NO2S. The highest BCUT2D eigenvalue weighted by atomic mass is 32.2. The Bertz CT molecular complexity index is 271. The summed E-state index contributed by atoms with van der Waals surface area (Å²) in [6.45, 7) is 7.54. The highest BCUT2D eigenvalue weighted by Crippen LogP contribution is 2.42. The van der Waals surface area contributed by atoms with E-state index in [9.17, 15) is 4.79 Å². The van der Waals surface area contributed by atoms with Crippen molar-refractivity contribution in [3.63, 3.8) is 0 Å². The van der Waals surface area contributed by atoms with Crippen molar-refractivity contribution in [3.05, 3.63) is 0 Å². The molecule has 1 spiro atoms. The second-order valence-corrected chi connectivity index (χ2v) is 7.10. The van der Waals surface area contributed by atoms with Gasteiger partial charge >= 0.3 is 6.09 Å². The Kier molecular flexibility index (Phi) is 3.12. The summed E-state index contributed by atoms with van der Waals surface area (Å²) in [5.74, 6) is 2.50.